The van der Waals surface area contributed by atoms with Crippen LogP contribution in [0.25, 0.3) is 0 Å². The van der Waals surface area contributed by atoms with E-state index in [1.807, 2.05) is 35.9 Å². The lowest BCUT2D eigenvalue weighted by molar-refractivity contribution is -0.138. The van der Waals surface area contributed by atoms with Gasteiger partial charge in [-0.25, -0.2) is 4.79 Å². The highest BCUT2D eigenvalue weighted by molar-refractivity contribution is 5.89. The molecule has 0 bridgehead atoms. The molecule has 0 spiro atoms. The van der Waals surface area contributed by atoms with Crippen molar-refractivity contribution in [2.24, 2.45) is 5.92 Å². The quantitative estimate of drug-likeness (QED) is 0.766. The van der Waals surface area contributed by atoms with Gasteiger partial charge in [0, 0.05) is 45.5 Å². The number of anilines is 1. The first-order valence-electron chi connectivity index (χ1n) is 11.6. The van der Waals surface area contributed by atoms with E-state index >= 15 is 0 Å². The molecule has 3 rings (SSSR count). The highest BCUT2D eigenvalue weighted by Gasteiger charge is 2.38. The van der Waals surface area contributed by atoms with Crippen LogP contribution in [0.3, 0.4) is 0 Å². The third kappa shape index (κ3) is 5.34. The summed E-state index contributed by atoms with van der Waals surface area (Å²) >= 11 is 0. The van der Waals surface area contributed by atoms with Gasteiger partial charge < -0.3 is 15.1 Å². The van der Waals surface area contributed by atoms with Crippen molar-refractivity contribution in [2.75, 3.05) is 45.1 Å². The minimum atomic E-state index is -0.0543. The fraction of sp³-hybridized carbons (Fsp3) is 0.667. The van der Waals surface area contributed by atoms with E-state index in [1.54, 1.807) is 0 Å². The number of nitrogens with one attached hydrogen (secondary N) is 1. The van der Waals surface area contributed by atoms with Crippen molar-refractivity contribution in [1.82, 2.24) is 14.7 Å². The SMILES string of the molecule is CCN(C)C(=O)[C@H](C1CCCC1)N1CCN(C(=O)Nc2ccc(C(C)C)cc2)CC1. The summed E-state index contributed by atoms with van der Waals surface area (Å²) in [5.41, 5.74) is 2.09. The largest absolute Gasteiger partial charge is 0.345 e. The monoisotopic (exact) mass is 414 g/mol. The second-order valence-electron chi connectivity index (χ2n) is 9.07. The van der Waals surface area contributed by atoms with Gasteiger partial charge in [0.05, 0.1) is 6.04 Å². The Kier molecular flexibility index (Phi) is 7.75. The van der Waals surface area contributed by atoms with Gasteiger partial charge in [-0.3, -0.25) is 9.69 Å². The van der Waals surface area contributed by atoms with E-state index in [0.717, 1.165) is 38.2 Å². The number of piperazine rings is 1. The number of amides is 3. The molecule has 1 aromatic carbocycles. The summed E-state index contributed by atoms with van der Waals surface area (Å²) in [6.45, 7) is 9.91. The van der Waals surface area contributed by atoms with Gasteiger partial charge in [0.25, 0.3) is 0 Å². The van der Waals surface area contributed by atoms with E-state index in [2.05, 4.69) is 36.2 Å². The normalized spacial score (nSPS) is 19.2. The molecule has 1 aliphatic carbocycles. The molecule has 166 valence electrons. The second kappa shape index (κ2) is 10.3. The molecule has 6 heteroatoms. The number of urea groups is 1. The topological polar surface area (TPSA) is 55.9 Å². The summed E-state index contributed by atoms with van der Waals surface area (Å²) in [6, 6.07) is 7.99. The maximum atomic E-state index is 13.1. The fourth-order valence-corrected chi connectivity index (χ4v) is 4.67. The lowest BCUT2D eigenvalue weighted by atomic mass is 9.94. The summed E-state index contributed by atoms with van der Waals surface area (Å²) in [4.78, 5) is 31.9. The van der Waals surface area contributed by atoms with E-state index in [-0.39, 0.29) is 18.0 Å². The van der Waals surface area contributed by atoms with E-state index < -0.39 is 0 Å². The Morgan fingerprint density at radius 1 is 1.07 bits per heavy atom. The molecule has 1 saturated carbocycles. The number of benzene rings is 1. The molecule has 2 fully saturated rings. The minimum Gasteiger partial charge on any atom is -0.345 e. The number of nitrogens with zero attached hydrogens (tertiary/aromatic N) is 3. The van der Waals surface area contributed by atoms with Crippen LogP contribution in [0.15, 0.2) is 24.3 Å². The molecule has 1 N–H and O–H groups in total. The number of rotatable bonds is 6. The van der Waals surface area contributed by atoms with Gasteiger partial charge in [0.2, 0.25) is 5.91 Å². The average Bonchev–Trinajstić information content (AvgIpc) is 3.28. The predicted molar refractivity (Wildman–Crippen MR) is 122 cm³/mol. The van der Waals surface area contributed by atoms with Gasteiger partial charge in [-0.15, -0.1) is 0 Å². The van der Waals surface area contributed by atoms with Crippen molar-refractivity contribution < 1.29 is 9.59 Å². The smallest absolute Gasteiger partial charge is 0.321 e. The van der Waals surface area contributed by atoms with Crippen molar-refractivity contribution in [3.63, 3.8) is 0 Å². The lowest BCUT2D eigenvalue weighted by Crippen LogP contribution is -2.58. The first-order valence-corrected chi connectivity index (χ1v) is 11.6. The first-order chi connectivity index (χ1) is 14.4. The van der Waals surface area contributed by atoms with Crippen LogP contribution in [0.5, 0.6) is 0 Å². The van der Waals surface area contributed by atoms with Crippen LogP contribution >= 0.6 is 0 Å². The van der Waals surface area contributed by atoms with E-state index in [0.29, 0.717) is 24.9 Å². The van der Waals surface area contributed by atoms with Crippen LogP contribution in [-0.2, 0) is 4.79 Å². The van der Waals surface area contributed by atoms with Crippen molar-refractivity contribution in [3.05, 3.63) is 29.8 Å². The molecular formula is C24H38N4O2. The van der Waals surface area contributed by atoms with Crippen LogP contribution < -0.4 is 5.32 Å². The Hall–Kier alpha value is -2.08. The van der Waals surface area contributed by atoms with Crippen molar-refractivity contribution >= 4 is 17.6 Å². The Labute approximate surface area is 181 Å². The van der Waals surface area contributed by atoms with Gasteiger partial charge in [-0.2, -0.15) is 0 Å². The zero-order chi connectivity index (χ0) is 21.7. The standard InChI is InChI=1S/C24H38N4O2/c1-5-26(4)23(29)22(20-8-6-7-9-20)27-14-16-28(17-15-27)24(30)25-21-12-10-19(11-13-21)18(2)3/h10-13,18,20,22H,5-9,14-17H2,1-4H3,(H,25,30)/t22-/m0/s1. The van der Waals surface area contributed by atoms with Gasteiger partial charge in [0.15, 0.2) is 0 Å². The maximum absolute atomic E-state index is 13.1. The van der Waals surface area contributed by atoms with Crippen LogP contribution in [-0.4, -0.2) is 72.5 Å². The Balaban J connectivity index is 1.57. The summed E-state index contributed by atoms with van der Waals surface area (Å²) in [7, 11) is 1.90. The number of likely N-dealkylation sites (N-methyl/N-ethyl adjacent to an activating group) is 1. The van der Waals surface area contributed by atoms with Crippen molar-refractivity contribution in [3.8, 4) is 0 Å². The zero-order valence-electron chi connectivity index (χ0n) is 19.1. The molecule has 30 heavy (non-hydrogen) atoms. The fourth-order valence-electron chi connectivity index (χ4n) is 4.67. The molecule has 3 amide bonds. The van der Waals surface area contributed by atoms with Gasteiger partial charge in [-0.05, 0) is 49.3 Å². The van der Waals surface area contributed by atoms with Gasteiger partial charge in [0.1, 0.15) is 0 Å². The average molecular weight is 415 g/mol. The highest BCUT2D eigenvalue weighted by Crippen LogP contribution is 2.32. The van der Waals surface area contributed by atoms with Crippen LogP contribution in [0, 0.1) is 5.92 Å². The maximum Gasteiger partial charge on any atom is 0.321 e. The Morgan fingerprint density at radius 2 is 1.67 bits per heavy atom. The number of carbonyl (C=O) groups is 2. The molecule has 1 aromatic rings. The Bertz CT molecular complexity index is 704. The van der Waals surface area contributed by atoms with Crippen LogP contribution in [0.2, 0.25) is 0 Å². The van der Waals surface area contributed by atoms with Gasteiger partial charge in [-0.1, -0.05) is 38.8 Å². The molecule has 0 unspecified atom stereocenters. The van der Waals surface area contributed by atoms with Crippen LogP contribution in [0.1, 0.15) is 57.9 Å². The third-order valence-corrected chi connectivity index (χ3v) is 6.77. The summed E-state index contributed by atoms with van der Waals surface area (Å²) < 4.78 is 0. The molecule has 0 aromatic heterocycles. The summed E-state index contributed by atoms with van der Waals surface area (Å²) in [5, 5.41) is 3.02. The molecule has 6 nitrogen and oxygen atoms in total. The number of hydrogen-bond donors (Lipinski definition) is 1. The number of carbonyl (C=O) groups excluding carboxylic acids is 2. The van der Waals surface area contributed by atoms with Crippen LogP contribution in [0.4, 0.5) is 10.5 Å². The first kappa shape index (κ1) is 22.6. The van der Waals surface area contributed by atoms with Crippen molar-refractivity contribution in [1.29, 1.82) is 0 Å². The molecule has 1 saturated heterocycles. The summed E-state index contributed by atoms with van der Waals surface area (Å²) in [5.74, 6) is 1.17. The molecule has 1 aliphatic heterocycles. The minimum absolute atomic E-state index is 0.0359. The van der Waals surface area contributed by atoms with E-state index in [1.165, 1.54) is 18.4 Å². The molecule has 0 radical (unpaired) electrons. The number of hydrogen-bond acceptors (Lipinski definition) is 3. The second-order valence-corrected chi connectivity index (χ2v) is 9.07. The Morgan fingerprint density at radius 3 is 2.20 bits per heavy atom. The summed E-state index contributed by atoms with van der Waals surface area (Å²) in [6.07, 6.45) is 4.73. The molecular weight excluding hydrogens is 376 g/mol. The molecule has 1 heterocycles. The van der Waals surface area contributed by atoms with E-state index in [4.69, 9.17) is 0 Å². The van der Waals surface area contributed by atoms with Gasteiger partial charge >= 0.3 is 6.03 Å². The highest BCUT2D eigenvalue weighted by atomic mass is 16.2. The van der Waals surface area contributed by atoms with Crippen molar-refractivity contribution in [2.45, 2.75) is 58.4 Å². The zero-order valence-corrected chi connectivity index (χ0v) is 19.1. The van der Waals surface area contributed by atoms with E-state index in [9.17, 15) is 9.59 Å². The molecule has 2 aliphatic rings. The predicted octanol–water partition coefficient (Wildman–Crippen LogP) is 4.00. The third-order valence-electron chi connectivity index (χ3n) is 6.77. The molecule has 1 atom stereocenters. The lowest BCUT2D eigenvalue weighted by Gasteiger charge is -2.41.